The van der Waals surface area contributed by atoms with Gasteiger partial charge in [0.2, 0.25) is 0 Å². The molecular formula is C23H25Br2NO4S. The van der Waals surface area contributed by atoms with Gasteiger partial charge in [-0.2, -0.15) is 0 Å². The maximum atomic E-state index is 10.00. The lowest BCUT2D eigenvalue weighted by molar-refractivity contribution is -0.134. The first kappa shape index (κ1) is 25.4. The fourth-order valence-corrected chi connectivity index (χ4v) is 5.11. The van der Waals surface area contributed by atoms with Crippen LogP contribution in [0.2, 0.25) is 0 Å². The van der Waals surface area contributed by atoms with Crippen molar-refractivity contribution in [2.45, 2.75) is 46.5 Å². The van der Waals surface area contributed by atoms with E-state index < -0.39 is 5.97 Å². The van der Waals surface area contributed by atoms with Crippen molar-refractivity contribution in [1.29, 1.82) is 0 Å². The average Bonchev–Trinajstić information content (AvgIpc) is 3.13. The van der Waals surface area contributed by atoms with Gasteiger partial charge in [0.25, 0.3) is 5.97 Å². The maximum Gasteiger partial charge on any atom is 0.300 e. The van der Waals surface area contributed by atoms with Crippen molar-refractivity contribution in [3.05, 3.63) is 66.5 Å². The predicted molar refractivity (Wildman–Crippen MR) is 132 cm³/mol. The minimum atomic E-state index is -0.833. The summed E-state index contributed by atoms with van der Waals surface area (Å²) in [6, 6.07) is 9.47. The number of aromatic hydroxyl groups is 1. The number of phenolic OH excluding ortho intramolecular Hbond substituents is 1. The zero-order valence-electron chi connectivity index (χ0n) is 17.8. The molecule has 5 nitrogen and oxygen atoms in total. The smallest absolute Gasteiger partial charge is 0.300 e. The molecule has 0 aliphatic rings. The molecule has 0 unspecified atom stereocenters. The molecule has 3 aromatic rings. The number of nitrogens with zero attached hydrogens (tertiary/aromatic N) is 1. The molecule has 0 spiro atoms. The third-order valence-corrected chi connectivity index (χ3v) is 6.29. The Hall–Kier alpha value is -1.90. The largest absolute Gasteiger partial charge is 0.508 e. The van der Waals surface area contributed by atoms with Crippen LogP contribution in [-0.4, -0.2) is 21.2 Å². The highest BCUT2D eigenvalue weighted by molar-refractivity contribution is 9.11. The summed E-state index contributed by atoms with van der Waals surface area (Å²) in [5.74, 6) is 1.08. The highest BCUT2D eigenvalue weighted by Crippen LogP contribution is 2.40. The lowest BCUT2D eigenvalue weighted by Gasteiger charge is -2.14. The molecule has 166 valence electrons. The van der Waals surface area contributed by atoms with Crippen LogP contribution >= 0.6 is 43.2 Å². The second-order valence-corrected chi connectivity index (χ2v) is 9.80. The number of aromatic nitrogens is 1. The van der Waals surface area contributed by atoms with E-state index in [4.69, 9.17) is 14.6 Å². The number of aliphatic carboxylic acids is 1. The number of hydrogen-bond acceptors (Lipinski definition) is 5. The normalized spacial score (nSPS) is 10.5. The van der Waals surface area contributed by atoms with Crippen LogP contribution in [0, 0.1) is 0 Å². The van der Waals surface area contributed by atoms with E-state index >= 15 is 0 Å². The molecule has 0 bridgehead atoms. The van der Waals surface area contributed by atoms with E-state index in [0.717, 1.165) is 50.5 Å². The number of ether oxygens (including phenoxy) is 1. The molecule has 0 saturated carbocycles. The van der Waals surface area contributed by atoms with Crippen LogP contribution in [0.25, 0.3) is 0 Å². The highest BCUT2D eigenvalue weighted by atomic mass is 79.9. The van der Waals surface area contributed by atoms with E-state index in [1.807, 2.05) is 19.9 Å². The van der Waals surface area contributed by atoms with Crippen LogP contribution in [0.3, 0.4) is 0 Å². The molecule has 0 atom stereocenters. The molecule has 0 aliphatic carbocycles. The summed E-state index contributed by atoms with van der Waals surface area (Å²) in [6.07, 6.45) is 1.75. The Bertz CT molecular complexity index is 1020. The van der Waals surface area contributed by atoms with Gasteiger partial charge in [-0.25, -0.2) is 4.98 Å². The number of halogens is 2. The first-order chi connectivity index (χ1) is 14.6. The molecule has 8 heteroatoms. The van der Waals surface area contributed by atoms with Crippen LogP contribution in [0.15, 0.2) is 44.7 Å². The summed E-state index contributed by atoms with van der Waals surface area (Å²) >= 11 is 8.95. The Labute approximate surface area is 203 Å². The van der Waals surface area contributed by atoms with Gasteiger partial charge in [0.1, 0.15) is 11.5 Å². The van der Waals surface area contributed by atoms with Crippen molar-refractivity contribution in [3.8, 4) is 17.2 Å². The van der Waals surface area contributed by atoms with Gasteiger partial charge in [0, 0.05) is 24.3 Å². The fraction of sp³-hybridized carbons (Fsp3) is 0.304. The van der Waals surface area contributed by atoms with Crippen molar-refractivity contribution in [2.75, 3.05) is 0 Å². The van der Waals surface area contributed by atoms with Gasteiger partial charge in [0.05, 0.1) is 19.6 Å². The molecule has 0 fully saturated rings. The van der Waals surface area contributed by atoms with Crippen LogP contribution in [0.4, 0.5) is 0 Å². The minimum Gasteiger partial charge on any atom is -0.508 e. The summed E-state index contributed by atoms with van der Waals surface area (Å²) in [5.41, 5.74) is 3.17. The van der Waals surface area contributed by atoms with Gasteiger partial charge < -0.3 is 14.9 Å². The van der Waals surface area contributed by atoms with Gasteiger partial charge in [-0.3, -0.25) is 4.79 Å². The SMILES string of the molecule is CC(=O)O.CCc1csc(Cc2cc(Br)c(Oc3ccc(O)c(C(C)C)c3)c(Br)c2)n1. The van der Waals surface area contributed by atoms with E-state index in [0.29, 0.717) is 17.2 Å². The van der Waals surface area contributed by atoms with Crippen molar-refractivity contribution in [3.63, 3.8) is 0 Å². The van der Waals surface area contributed by atoms with Gasteiger partial charge in [-0.05, 0) is 80.1 Å². The second-order valence-electron chi connectivity index (χ2n) is 7.15. The van der Waals surface area contributed by atoms with Crippen LogP contribution in [0.1, 0.15) is 55.4 Å². The minimum absolute atomic E-state index is 0.217. The summed E-state index contributed by atoms with van der Waals surface area (Å²) in [6.45, 7) is 7.29. The molecule has 0 aliphatic heterocycles. The standard InChI is InChI=1S/C21H21Br2NO2S.C2H4O2/c1-4-14-11-27-20(24-14)9-13-7-17(22)21(18(23)8-13)26-15-5-6-19(25)16(10-15)12(2)3;1-2(3)4/h5-8,10-12,25H,4,9H2,1-3H3;1H3,(H,3,4). The number of carboxylic acids is 1. The summed E-state index contributed by atoms with van der Waals surface area (Å²) in [7, 11) is 0. The molecule has 31 heavy (non-hydrogen) atoms. The van der Waals surface area contributed by atoms with E-state index in [1.165, 1.54) is 0 Å². The lowest BCUT2D eigenvalue weighted by atomic mass is 10.0. The van der Waals surface area contributed by atoms with Crippen LogP contribution in [-0.2, 0) is 17.6 Å². The van der Waals surface area contributed by atoms with Crippen molar-refractivity contribution < 1.29 is 19.7 Å². The van der Waals surface area contributed by atoms with Gasteiger partial charge in [-0.15, -0.1) is 11.3 Å². The Kier molecular flexibility index (Phi) is 9.53. The molecule has 0 radical (unpaired) electrons. The first-order valence-corrected chi connectivity index (χ1v) is 12.2. The summed E-state index contributed by atoms with van der Waals surface area (Å²) in [4.78, 5) is 13.6. The zero-order chi connectivity index (χ0) is 23.1. The quantitative estimate of drug-likeness (QED) is 0.320. The van der Waals surface area contributed by atoms with E-state index in [9.17, 15) is 5.11 Å². The van der Waals surface area contributed by atoms with Gasteiger partial charge in [0.15, 0.2) is 5.75 Å². The first-order valence-electron chi connectivity index (χ1n) is 9.72. The molecule has 3 rings (SSSR count). The Morgan fingerprint density at radius 3 is 2.32 bits per heavy atom. The van der Waals surface area contributed by atoms with Gasteiger partial charge in [-0.1, -0.05) is 20.8 Å². The maximum absolute atomic E-state index is 10.00. The van der Waals surface area contributed by atoms with Crippen molar-refractivity contribution in [2.24, 2.45) is 0 Å². The Morgan fingerprint density at radius 1 is 1.19 bits per heavy atom. The number of thiazole rings is 1. The Morgan fingerprint density at radius 2 is 1.81 bits per heavy atom. The molecule has 0 amide bonds. The second kappa shape index (κ2) is 11.6. The third kappa shape index (κ3) is 7.63. The summed E-state index contributed by atoms with van der Waals surface area (Å²) < 4.78 is 7.84. The Balaban J connectivity index is 0.000000785. The molecule has 1 heterocycles. The van der Waals surface area contributed by atoms with E-state index in [1.54, 1.807) is 23.5 Å². The van der Waals surface area contributed by atoms with Crippen molar-refractivity contribution in [1.82, 2.24) is 4.98 Å². The monoisotopic (exact) mass is 569 g/mol. The summed E-state index contributed by atoms with van der Waals surface area (Å²) in [5, 5.41) is 20.6. The highest BCUT2D eigenvalue weighted by Gasteiger charge is 2.14. The zero-order valence-corrected chi connectivity index (χ0v) is 21.8. The van der Waals surface area contributed by atoms with E-state index in [-0.39, 0.29) is 5.92 Å². The molecule has 1 aromatic heterocycles. The fourth-order valence-electron chi connectivity index (χ4n) is 2.76. The number of carboxylic acid groups (broad SMARTS) is 1. The van der Waals surface area contributed by atoms with Crippen LogP contribution < -0.4 is 4.74 Å². The number of hydrogen-bond donors (Lipinski definition) is 2. The van der Waals surface area contributed by atoms with Crippen LogP contribution in [0.5, 0.6) is 17.2 Å². The average molecular weight is 571 g/mol. The van der Waals surface area contributed by atoms with Crippen molar-refractivity contribution >= 4 is 49.2 Å². The predicted octanol–water partition coefficient (Wildman–Crippen LogP) is 7.53. The molecule has 2 N–H and O–H groups in total. The number of phenols is 1. The molecule has 0 saturated heterocycles. The van der Waals surface area contributed by atoms with Gasteiger partial charge >= 0.3 is 0 Å². The number of benzene rings is 2. The van der Waals surface area contributed by atoms with E-state index in [2.05, 4.69) is 61.3 Å². The lowest BCUT2D eigenvalue weighted by Crippen LogP contribution is -1.94. The third-order valence-electron chi connectivity index (χ3n) is 4.22. The molecule has 2 aromatic carbocycles. The number of rotatable bonds is 6. The topological polar surface area (TPSA) is 79.7 Å². The number of carbonyl (C=O) groups is 1. The number of aryl methyl sites for hydroxylation is 1. The molecular weight excluding hydrogens is 546 g/mol.